The molecule has 1 saturated heterocycles. The number of amides is 1. The molecule has 1 fully saturated rings. The van der Waals surface area contributed by atoms with Gasteiger partial charge in [-0.2, -0.15) is 5.10 Å². The summed E-state index contributed by atoms with van der Waals surface area (Å²) < 4.78 is 0.835. The topological polar surface area (TPSA) is 68.2 Å². The quantitative estimate of drug-likeness (QED) is 0.545. The minimum absolute atomic E-state index is 0.116. The van der Waals surface area contributed by atoms with Gasteiger partial charge in [-0.25, -0.2) is 5.43 Å². The van der Waals surface area contributed by atoms with E-state index in [9.17, 15) is 9.90 Å². The highest BCUT2D eigenvalue weighted by Crippen LogP contribution is 2.19. The largest absolute Gasteiger partial charge is 0.507 e. The van der Waals surface area contributed by atoms with Crippen molar-refractivity contribution in [3.05, 3.63) is 64.1 Å². The molecule has 0 spiro atoms. The Morgan fingerprint density at radius 3 is 2.56 bits per heavy atom. The van der Waals surface area contributed by atoms with Crippen LogP contribution in [0.3, 0.4) is 0 Å². The molecule has 6 nitrogen and oxygen atoms in total. The molecule has 1 aliphatic rings. The minimum Gasteiger partial charge on any atom is -0.507 e. The second-order valence-electron chi connectivity index (χ2n) is 6.53. The van der Waals surface area contributed by atoms with E-state index < -0.39 is 0 Å². The minimum atomic E-state index is -0.155. The van der Waals surface area contributed by atoms with E-state index in [1.54, 1.807) is 18.2 Å². The standard InChI is InChI=1S/C20H23BrN4O2/c21-18-6-7-19(26)17(12-18)13-22-23-20(27)15-25-10-8-24(9-11-25)14-16-4-2-1-3-5-16/h1-7,12-13,26H,8-11,14-15H2,(H,23,27). The van der Waals surface area contributed by atoms with Crippen LogP contribution in [0.1, 0.15) is 11.1 Å². The number of phenolic OH excluding ortho intramolecular Hbond substituents is 1. The van der Waals surface area contributed by atoms with E-state index in [1.165, 1.54) is 11.8 Å². The van der Waals surface area contributed by atoms with E-state index in [2.05, 4.69) is 60.5 Å². The summed E-state index contributed by atoms with van der Waals surface area (Å²) in [6.07, 6.45) is 1.44. The number of rotatable bonds is 6. The maximum Gasteiger partial charge on any atom is 0.254 e. The fourth-order valence-corrected chi connectivity index (χ4v) is 3.37. The van der Waals surface area contributed by atoms with Gasteiger partial charge < -0.3 is 5.11 Å². The number of piperazine rings is 1. The number of nitrogens with zero attached hydrogens (tertiary/aromatic N) is 3. The number of phenols is 1. The molecule has 0 saturated carbocycles. The Kier molecular flexibility index (Phi) is 6.98. The molecule has 7 heteroatoms. The van der Waals surface area contributed by atoms with Crippen molar-refractivity contribution in [3.8, 4) is 5.75 Å². The highest BCUT2D eigenvalue weighted by Gasteiger charge is 2.18. The average Bonchev–Trinajstić information content (AvgIpc) is 2.67. The van der Waals surface area contributed by atoms with Crippen LogP contribution in [-0.4, -0.2) is 59.8 Å². The molecule has 2 N–H and O–H groups in total. The lowest BCUT2D eigenvalue weighted by molar-refractivity contribution is -0.122. The van der Waals surface area contributed by atoms with E-state index in [1.807, 2.05) is 6.07 Å². The van der Waals surface area contributed by atoms with Crippen LogP contribution in [-0.2, 0) is 11.3 Å². The van der Waals surface area contributed by atoms with Crippen LogP contribution in [0.2, 0.25) is 0 Å². The van der Waals surface area contributed by atoms with Gasteiger partial charge in [0.1, 0.15) is 5.75 Å². The third-order valence-electron chi connectivity index (χ3n) is 4.46. The van der Waals surface area contributed by atoms with Gasteiger partial charge >= 0.3 is 0 Å². The molecule has 1 heterocycles. The fourth-order valence-electron chi connectivity index (χ4n) is 2.99. The number of hydrogen-bond acceptors (Lipinski definition) is 5. The lowest BCUT2D eigenvalue weighted by Crippen LogP contribution is -2.48. The molecule has 0 radical (unpaired) electrons. The summed E-state index contributed by atoms with van der Waals surface area (Å²) in [4.78, 5) is 16.6. The third-order valence-corrected chi connectivity index (χ3v) is 4.96. The van der Waals surface area contributed by atoms with Gasteiger partial charge in [0.05, 0.1) is 12.8 Å². The highest BCUT2D eigenvalue weighted by atomic mass is 79.9. The summed E-state index contributed by atoms with van der Waals surface area (Å²) in [5.41, 5.74) is 4.38. The highest BCUT2D eigenvalue weighted by molar-refractivity contribution is 9.10. The first-order valence-electron chi connectivity index (χ1n) is 8.89. The van der Waals surface area contributed by atoms with Crippen molar-refractivity contribution < 1.29 is 9.90 Å². The summed E-state index contributed by atoms with van der Waals surface area (Å²) in [7, 11) is 0. The van der Waals surface area contributed by atoms with Crippen molar-refractivity contribution in [2.75, 3.05) is 32.7 Å². The Labute approximate surface area is 167 Å². The van der Waals surface area contributed by atoms with Crippen molar-refractivity contribution in [1.82, 2.24) is 15.2 Å². The number of benzene rings is 2. The first-order valence-corrected chi connectivity index (χ1v) is 9.68. The average molecular weight is 431 g/mol. The molecule has 0 bridgehead atoms. The van der Waals surface area contributed by atoms with Crippen LogP contribution >= 0.6 is 15.9 Å². The van der Waals surface area contributed by atoms with Crippen LogP contribution in [0.4, 0.5) is 0 Å². The summed E-state index contributed by atoms with van der Waals surface area (Å²) in [5.74, 6) is -0.0389. The fraction of sp³-hybridized carbons (Fsp3) is 0.300. The summed E-state index contributed by atoms with van der Waals surface area (Å²) in [6, 6.07) is 15.5. The van der Waals surface area contributed by atoms with E-state index in [-0.39, 0.29) is 11.7 Å². The molecular weight excluding hydrogens is 408 g/mol. The van der Waals surface area contributed by atoms with Gasteiger partial charge in [0.25, 0.3) is 5.91 Å². The van der Waals surface area contributed by atoms with Crippen LogP contribution < -0.4 is 5.43 Å². The zero-order chi connectivity index (χ0) is 19.1. The molecule has 0 atom stereocenters. The van der Waals surface area contributed by atoms with Crippen molar-refractivity contribution in [2.24, 2.45) is 5.10 Å². The van der Waals surface area contributed by atoms with Gasteiger partial charge in [-0.3, -0.25) is 14.6 Å². The van der Waals surface area contributed by atoms with E-state index in [0.29, 0.717) is 12.1 Å². The zero-order valence-electron chi connectivity index (χ0n) is 15.0. The number of aromatic hydroxyl groups is 1. The molecule has 142 valence electrons. The Bertz CT molecular complexity index is 790. The second-order valence-corrected chi connectivity index (χ2v) is 7.45. The molecule has 3 rings (SSSR count). The maximum atomic E-state index is 12.1. The van der Waals surface area contributed by atoms with Gasteiger partial charge in [-0.05, 0) is 23.8 Å². The maximum absolute atomic E-state index is 12.1. The number of halogens is 1. The monoisotopic (exact) mass is 430 g/mol. The van der Waals surface area contributed by atoms with Gasteiger partial charge in [-0.1, -0.05) is 46.3 Å². The van der Waals surface area contributed by atoms with Crippen LogP contribution in [0.5, 0.6) is 5.75 Å². The Morgan fingerprint density at radius 1 is 1.11 bits per heavy atom. The Morgan fingerprint density at radius 2 is 1.81 bits per heavy atom. The van der Waals surface area contributed by atoms with Crippen LogP contribution in [0.25, 0.3) is 0 Å². The molecule has 2 aromatic carbocycles. The molecule has 0 aromatic heterocycles. The first kappa shape index (κ1) is 19.5. The molecule has 1 aliphatic heterocycles. The first-order chi connectivity index (χ1) is 13.1. The Balaban J connectivity index is 1.40. The predicted molar refractivity (Wildman–Crippen MR) is 110 cm³/mol. The van der Waals surface area contributed by atoms with Crippen molar-refractivity contribution >= 4 is 28.1 Å². The second kappa shape index (κ2) is 9.64. The van der Waals surface area contributed by atoms with Crippen molar-refractivity contribution in [1.29, 1.82) is 0 Å². The Hall–Kier alpha value is -2.22. The third kappa shape index (κ3) is 6.16. The van der Waals surface area contributed by atoms with E-state index in [4.69, 9.17) is 0 Å². The molecular formula is C20H23BrN4O2. The van der Waals surface area contributed by atoms with Crippen LogP contribution in [0, 0.1) is 0 Å². The van der Waals surface area contributed by atoms with E-state index in [0.717, 1.165) is 37.2 Å². The van der Waals surface area contributed by atoms with Gasteiger partial charge in [0.15, 0.2) is 0 Å². The van der Waals surface area contributed by atoms with Crippen molar-refractivity contribution in [2.45, 2.75) is 6.54 Å². The van der Waals surface area contributed by atoms with Gasteiger partial charge in [0.2, 0.25) is 0 Å². The molecule has 0 unspecified atom stereocenters. The summed E-state index contributed by atoms with van der Waals surface area (Å²) in [5, 5.41) is 13.7. The van der Waals surface area contributed by atoms with Crippen molar-refractivity contribution in [3.63, 3.8) is 0 Å². The molecule has 2 aromatic rings. The number of carbonyl (C=O) groups excluding carboxylic acids is 1. The van der Waals surface area contributed by atoms with E-state index >= 15 is 0 Å². The molecule has 0 aliphatic carbocycles. The van der Waals surface area contributed by atoms with Crippen LogP contribution in [0.15, 0.2) is 58.1 Å². The molecule has 27 heavy (non-hydrogen) atoms. The normalized spacial score (nSPS) is 15.9. The summed E-state index contributed by atoms with van der Waals surface area (Å²) >= 11 is 3.34. The zero-order valence-corrected chi connectivity index (χ0v) is 16.6. The smallest absolute Gasteiger partial charge is 0.254 e. The lowest BCUT2D eigenvalue weighted by atomic mass is 10.2. The SMILES string of the molecule is O=C(CN1CCN(Cc2ccccc2)CC1)NN=Cc1cc(Br)ccc1O. The number of carbonyl (C=O) groups is 1. The number of hydrogen-bond donors (Lipinski definition) is 2. The predicted octanol–water partition coefficient (Wildman–Crippen LogP) is 2.42. The summed E-state index contributed by atoms with van der Waals surface area (Å²) in [6.45, 7) is 4.86. The number of hydrazone groups is 1. The number of nitrogens with one attached hydrogen (secondary N) is 1. The van der Waals surface area contributed by atoms with Gasteiger partial charge in [0, 0.05) is 42.8 Å². The lowest BCUT2D eigenvalue weighted by Gasteiger charge is -2.34. The molecule has 1 amide bonds. The van der Waals surface area contributed by atoms with Gasteiger partial charge in [-0.15, -0.1) is 0 Å².